The molecule has 1 saturated heterocycles. The molecule has 0 aromatic carbocycles. The number of ether oxygens (including phenoxy) is 2. The van der Waals surface area contributed by atoms with Crippen molar-refractivity contribution in [2.45, 2.75) is 24.4 Å². The number of aromatic nitrogens is 2. The fraction of sp³-hybridized carbons (Fsp3) is 0.600. The number of nitrogens with one attached hydrogen (secondary N) is 2. The van der Waals surface area contributed by atoms with Crippen LogP contribution in [0.1, 0.15) is 11.7 Å². The Morgan fingerprint density at radius 1 is 1.03 bits per heavy atom. The molecule has 1 aliphatic heterocycles. The maximum atomic E-state index is 11.9. The van der Waals surface area contributed by atoms with Gasteiger partial charge >= 0.3 is 81.1 Å². The first-order valence-corrected chi connectivity index (χ1v) is 11.9. The summed E-state index contributed by atoms with van der Waals surface area (Å²) in [7, 11) is -17.0. The number of aliphatic hydroxyl groups is 1. The fourth-order valence-electron chi connectivity index (χ4n) is 2.47. The van der Waals surface area contributed by atoms with Crippen LogP contribution in [0.15, 0.2) is 15.8 Å². The number of phosphoric acid groups is 3. The van der Waals surface area contributed by atoms with E-state index in [4.69, 9.17) is 9.47 Å². The van der Waals surface area contributed by atoms with E-state index in [1.54, 1.807) is 0 Å². The molecule has 1 aliphatic rings. The first-order chi connectivity index (χ1) is 13.6. The average molecular weight is 522 g/mol. The van der Waals surface area contributed by atoms with E-state index in [0.717, 1.165) is 13.3 Å². The maximum Gasteiger partial charge on any atom is 1.00 e. The predicted octanol–water partition coefficient (Wildman–Crippen LogP) is -16.3. The van der Waals surface area contributed by atoms with Crippen molar-refractivity contribution in [3.8, 4) is 0 Å². The van der Waals surface area contributed by atoms with E-state index in [1.807, 2.05) is 4.98 Å². The van der Waals surface area contributed by atoms with Crippen LogP contribution in [0.4, 0.5) is 0 Å². The summed E-state index contributed by atoms with van der Waals surface area (Å²) in [6.07, 6.45) is -4.69. The van der Waals surface area contributed by atoms with Gasteiger partial charge in [0.05, 0.1) is 20.0 Å². The molecule has 0 saturated carbocycles. The Balaban J connectivity index is -0.00000240. The molecule has 0 radical (unpaired) electrons. The summed E-state index contributed by atoms with van der Waals surface area (Å²) < 4.78 is 53.9. The number of methoxy groups -OCH3 is 1. The van der Waals surface area contributed by atoms with Gasteiger partial charge in [-0.2, -0.15) is 0 Å². The Hall–Kier alpha value is 1.36. The van der Waals surface area contributed by atoms with Crippen molar-refractivity contribution in [3.63, 3.8) is 0 Å². The zero-order chi connectivity index (χ0) is 22.9. The number of aliphatic hydroxyl groups excluding tert-OH is 1. The minimum Gasteiger partial charge on any atom is -0.790 e. The molecular weight excluding hydrogens is 509 g/mol. The molecule has 0 aliphatic carbocycles. The second-order valence-electron chi connectivity index (χ2n) is 5.61. The Morgan fingerprint density at radius 3 is 2.06 bits per heavy atom. The second-order valence-corrected chi connectivity index (χ2v) is 9.86. The van der Waals surface area contributed by atoms with Crippen LogP contribution in [0.3, 0.4) is 0 Å². The molecule has 0 spiro atoms. The van der Waals surface area contributed by atoms with Gasteiger partial charge in [0.15, 0.2) is 0 Å². The number of rotatable bonds is 9. The Kier molecular flexibility index (Phi) is 18.4. The van der Waals surface area contributed by atoms with Crippen molar-refractivity contribution >= 4 is 23.5 Å². The van der Waals surface area contributed by atoms with Crippen LogP contribution < -0.4 is 106 Å². The third kappa shape index (κ3) is 11.8. The van der Waals surface area contributed by atoms with Gasteiger partial charge in [-0.3, -0.25) is 23.2 Å². The predicted molar refractivity (Wildman–Crippen MR) is 83.0 cm³/mol. The van der Waals surface area contributed by atoms with Crippen molar-refractivity contribution < 1.29 is 136 Å². The molecule has 1 aromatic heterocycles. The molecule has 6 atom stereocenters. The monoisotopic (exact) mass is 522 g/mol. The minimum absolute atomic E-state index is 0. The topological polar surface area (TPSA) is 276 Å². The van der Waals surface area contributed by atoms with E-state index >= 15 is 0 Å². The summed E-state index contributed by atoms with van der Waals surface area (Å²) in [6, 6.07) is 0. The van der Waals surface area contributed by atoms with Gasteiger partial charge in [0.2, 0.25) is 0 Å². The zero-order valence-electron chi connectivity index (χ0n) is 18.6. The molecule has 0 bridgehead atoms. The van der Waals surface area contributed by atoms with Crippen LogP contribution in [-0.4, -0.2) is 47.1 Å². The van der Waals surface area contributed by atoms with Crippen molar-refractivity contribution in [2.24, 2.45) is 0 Å². The van der Waals surface area contributed by atoms with Crippen LogP contribution in [-0.2, 0) is 36.3 Å². The summed E-state index contributed by atoms with van der Waals surface area (Å²) in [4.78, 5) is 70.3. The molecule has 1 aromatic rings. The molecule has 1 fully saturated rings. The van der Waals surface area contributed by atoms with Gasteiger partial charge in [-0.1, -0.05) is 0 Å². The molecule has 17 nitrogen and oxygen atoms in total. The number of phosphoric ester groups is 1. The summed E-state index contributed by atoms with van der Waals surface area (Å²) in [5, 5.41) is 10.2. The quantitative estimate of drug-likeness (QED) is 0.201. The average Bonchev–Trinajstić information content (AvgIpc) is 2.85. The van der Waals surface area contributed by atoms with Crippen LogP contribution in [0.5, 0.6) is 0 Å². The van der Waals surface area contributed by atoms with E-state index in [2.05, 4.69) is 18.1 Å². The standard InChI is InChI=1S/C10H17N2O15P3.4Li/c1-23-8-6(13)5(25-7(8)4-2-11-10(15)12-9(4)14)3-24-29(19,20)27-30(21,22)26-28(16,17)18;;;;/h2,5-8,13H,3H2,1H3,(H,19,20)(H,21,22)(H2,16,17,18)(H2,11,12,14,15);;;;/q;4*+1/p-4. The smallest absolute Gasteiger partial charge is 0.790 e. The van der Waals surface area contributed by atoms with Gasteiger partial charge < -0.3 is 48.2 Å². The Bertz CT molecular complexity index is 1030. The number of hydrogen-bond acceptors (Lipinski definition) is 15. The zero-order valence-corrected chi connectivity index (χ0v) is 21.3. The minimum atomic E-state index is -6.15. The Labute approximate surface area is 239 Å². The third-order valence-corrected chi connectivity index (χ3v) is 7.23. The normalized spacial score (nSPS) is 25.4. The SMILES string of the molecule is COC1C(c2c[nH]c(=O)[nH]c2=O)OC(COP(=O)([O-])OP(=O)([O-])OP(=O)([O-])[O-])C1O.[Li+].[Li+].[Li+].[Li+]. The van der Waals surface area contributed by atoms with E-state index < -0.39 is 65.7 Å². The van der Waals surface area contributed by atoms with Gasteiger partial charge in [0.25, 0.3) is 21.2 Å². The third-order valence-electron chi connectivity index (χ3n) is 3.56. The number of H-pyrrole nitrogens is 2. The number of aromatic amines is 2. The van der Waals surface area contributed by atoms with E-state index in [9.17, 15) is 48.0 Å². The van der Waals surface area contributed by atoms with Crippen LogP contribution in [0, 0.1) is 0 Å². The molecular formula is C10H13Li4N2O15P3. The van der Waals surface area contributed by atoms with Gasteiger partial charge in [-0.15, -0.1) is 0 Å². The first-order valence-electron chi connectivity index (χ1n) is 7.54. The second kappa shape index (κ2) is 15.7. The molecule has 2 heterocycles. The molecule has 24 heteroatoms. The van der Waals surface area contributed by atoms with E-state index in [1.165, 1.54) is 0 Å². The van der Waals surface area contributed by atoms with Gasteiger partial charge in [0, 0.05) is 13.3 Å². The molecule has 34 heavy (non-hydrogen) atoms. The summed E-state index contributed by atoms with van der Waals surface area (Å²) >= 11 is 0. The van der Waals surface area contributed by atoms with Crippen molar-refractivity contribution in [1.29, 1.82) is 0 Å². The first kappa shape index (κ1) is 39.9. The van der Waals surface area contributed by atoms with Crippen molar-refractivity contribution in [1.82, 2.24) is 9.97 Å². The summed E-state index contributed by atoms with van der Waals surface area (Å²) in [6.45, 7) is -1.08. The van der Waals surface area contributed by atoms with E-state index in [0.29, 0.717) is 0 Å². The van der Waals surface area contributed by atoms with E-state index in [-0.39, 0.29) is 81.0 Å². The van der Waals surface area contributed by atoms with Gasteiger partial charge in [-0.05, 0) is 0 Å². The molecule has 2 rings (SSSR count). The largest absolute Gasteiger partial charge is 1.00 e. The Morgan fingerprint density at radius 2 is 1.59 bits per heavy atom. The van der Waals surface area contributed by atoms with Gasteiger partial charge in [-0.25, -0.2) is 9.11 Å². The summed E-state index contributed by atoms with van der Waals surface area (Å²) in [5.41, 5.74) is -1.91. The molecule has 6 unspecified atom stereocenters. The van der Waals surface area contributed by atoms with Crippen molar-refractivity contribution in [3.05, 3.63) is 32.6 Å². The summed E-state index contributed by atoms with van der Waals surface area (Å²) in [5.74, 6) is 0. The van der Waals surface area contributed by atoms with Crippen molar-refractivity contribution in [2.75, 3.05) is 13.7 Å². The molecule has 0 amide bonds. The van der Waals surface area contributed by atoms with Crippen LogP contribution in [0.25, 0.3) is 0 Å². The van der Waals surface area contributed by atoms with Crippen LogP contribution >= 0.6 is 23.5 Å². The fourth-order valence-corrected chi connectivity index (χ4v) is 5.33. The number of hydrogen-bond donors (Lipinski definition) is 3. The van der Waals surface area contributed by atoms with Crippen LogP contribution in [0.2, 0.25) is 0 Å². The van der Waals surface area contributed by atoms with Gasteiger partial charge in [0.1, 0.15) is 24.4 Å². The molecule has 172 valence electrons. The maximum absolute atomic E-state index is 11.9. The molecule has 3 N–H and O–H groups in total.